The molecule has 0 amide bonds. The van der Waals surface area contributed by atoms with Crippen LogP contribution in [0.1, 0.15) is 30.1 Å². The Morgan fingerprint density at radius 1 is 1.39 bits per heavy atom. The molecule has 1 aromatic rings. The van der Waals surface area contributed by atoms with Crippen LogP contribution in [-0.2, 0) is 4.74 Å². The van der Waals surface area contributed by atoms with Crippen LogP contribution in [0.5, 0.6) is 0 Å². The Labute approximate surface area is 109 Å². The third-order valence-electron chi connectivity index (χ3n) is 3.53. The average molecular weight is 250 g/mol. The summed E-state index contributed by atoms with van der Waals surface area (Å²) < 4.78 is 5.80. The van der Waals surface area contributed by atoms with E-state index in [2.05, 4.69) is 27.1 Å². The lowest BCUT2D eigenvalue weighted by molar-refractivity contribution is -0.0325. The fraction of sp³-hybridized carbons (Fsp3) is 0.692. The number of hydrogen-bond donors (Lipinski definition) is 1. The Morgan fingerprint density at radius 3 is 2.83 bits per heavy atom. The van der Waals surface area contributed by atoms with Gasteiger partial charge in [-0.15, -0.1) is 0 Å². The summed E-state index contributed by atoms with van der Waals surface area (Å²) in [4.78, 5) is 11.5. The van der Waals surface area contributed by atoms with E-state index in [1.54, 1.807) is 0 Å². The van der Waals surface area contributed by atoms with E-state index in [0.717, 1.165) is 49.1 Å². The highest BCUT2D eigenvalue weighted by molar-refractivity contribution is 5.45. The maximum absolute atomic E-state index is 5.80. The maximum Gasteiger partial charge on any atom is 0.161 e. The Hall–Kier alpha value is -1.20. The quantitative estimate of drug-likeness (QED) is 0.881. The molecule has 2 heterocycles. The smallest absolute Gasteiger partial charge is 0.161 e. The van der Waals surface area contributed by atoms with Crippen LogP contribution in [0.2, 0.25) is 0 Å². The first-order chi connectivity index (χ1) is 8.65. The molecular weight excluding hydrogens is 228 g/mol. The predicted molar refractivity (Wildman–Crippen MR) is 71.9 cm³/mol. The van der Waals surface area contributed by atoms with Gasteiger partial charge < -0.3 is 10.1 Å². The van der Waals surface area contributed by atoms with Gasteiger partial charge in [-0.1, -0.05) is 6.92 Å². The Kier molecular flexibility index (Phi) is 4.14. The van der Waals surface area contributed by atoms with Crippen molar-refractivity contribution < 1.29 is 4.74 Å². The summed E-state index contributed by atoms with van der Waals surface area (Å²) in [7, 11) is 1.89. The number of anilines is 1. The third-order valence-corrected chi connectivity index (χ3v) is 3.53. The number of rotatable bonds is 3. The first kappa shape index (κ1) is 13.2. The fourth-order valence-corrected chi connectivity index (χ4v) is 2.18. The molecule has 1 saturated heterocycles. The number of ether oxygens (including phenoxy) is 1. The lowest BCUT2D eigenvalue weighted by atomic mass is 10.2. The summed E-state index contributed by atoms with van der Waals surface area (Å²) in [6.45, 7) is 9.89. The van der Waals surface area contributed by atoms with Gasteiger partial charge in [0.05, 0.1) is 6.61 Å². The number of nitrogens with one attached hydrogen (secondary N) is 1. The Bertz CT molecular complexity index is 422. The van der Waals surface area contributed by atoms with Crippen molar-refractivity contribution in [2.45, 2.75) is 26.9 Å². The van der Waals surface area contributed by atoms with Gasteiger partial charge in [0.2, 0.25) is 0 Å². The van der Waals surface area contributed by atoms with E-state index < -0.39 is 0 Å². The molecule has 1 unspecified atom stereocenters. The van der Waals surface area contributed by atoms with Gasteiger partial charge in [-0.2, -0.15) is 0 Å². The number of nitrogens with zero attached hydrogens (tertiary/aromatic N) is 3. The van der Waals surface area contributed by atoms with Gasteiger partial charge in [-0.05, 0) is 20.4 Å². The number of aryl methyl sites for hydroxylation is 1. The summed E-state index contributed by atoms with van der Waals surface area (Å²) in [5.74, 6) is 1.69. The van der Waals surface area contributed by atoms with Crippen LogP contribution >= 0.6 is 0 Å². The molecule has 0 saturated carbocycles. The van der Waals surface area contributed by atoms with Crippen molar-refractivity contribution >= 4 is 5.82 Å². The van der Waals surface area contributed by atoms with E-state index in [9.17, 15) is 0 Å². The van der Waals surface area contributed by atoms with Gasteiger partial charge in [-0.3, -0.25) is 4.90 Å². The molecule has 0 aromatic carbocycles. The van der Waals surface area contributed by atoms with Crippen molar-refractivity contribution in [2.24, 2.45) is 0 Å². The summed E-state index contributed by atoms with van der Waals surface area (Å²) in [6.07, 6.45) is -0.00917. The van der Waals surface area contributed by atoms with E-state index >= 15 is 0 Å². The summed E-state index contributed by atoms with van der Waals surface area (Å²) in [6, 6.07) is 0. The number of hydrogen-bond acceptors (Lipinski definition) is 5. The standard InChI is InChI=1S/C13H22N4O/c1-5-17-6-7-18-11(8-17)13-15-10(3)9(2)12(14-4)16-13/h11H,5-8H2,1-4H3,(H,14,15,16). The van der Waals surface area contributed by atoms with Gasteiger partial charge in [0.1, 0.15) is 11.9 Å². The first-order valence-electron chi connectivity index (χ1n) is 6.52. The normalized spacial score (nSPS) is 21.0. The molecule has 1 aliphatic heterocycles. The molecule has 2 rings (SSSR count). The Balaban J connectivity index is 2.24. The molecule has 0 aliphatic carbocycles. The van der Waals surface area contributed by atoms with Crippen molar-refractivity contribution in [3.63, 3.8) is 0 Å². The largest absolute Gasteiger partial charge is 0.373 e. The maximum atomic E-state index is 5.80. The molecule has 0 bridgehead atoms. The minimum Gasteiger partial charge on any atom is -0.373 e. The summed E-state index contributed by atoms with van der Waals surface area (Å²) in [5.41, 5.74) is 2.12. The minimum atomic E-state index is -0.00917. The second kappa shape index (κ2) is 5.63. The van der Waals surface area contributed by atoms with E-state index in [0.29, 0.717) is 0 Å². The summed E-state index contributed by atoms with van der Waals surface area (Å²) >= 11 is 0. The highest BCUT2D eigenvalue weighted by Gasteiger charge is 2.24. The van der Waals surface area contributed by atoms with E-state index in [1.165, 1.54) is 0 Å². The van der Waals surface area contributed by atoms with Gasteiger partial charge in [-0.25, -0.2) is 9.97 Å². The van der Waals surface area contributed by atoms with Crippen LogP contribution in [0.15, 0.2) is 0 Å². The topological polar surface area (TPSA) is 50.3 Å². The monoisotopic (exact) mass is 250 g/mol. The molecule has 1 atom stereocenters. The van der Waals surface area contributed by atoms with Crippen LogP contribution in [0.25, 0.3) is 0 Å². The molecule has 100 valence electrons. The average Bonchev–Trinajstić information content (AvgIpc) is 2.41. The molecule has 0 radical (unpaired) electrons. The number of aromatic nitrogens is 2. The van der Waals surface area contributed by atoms with Gasteiger partial charge in [0.25, 0.3) is 0 Å². The van der Waals surface area contributed by atoms with Crippen molar-refractivity contribution in [1.82, 2.24) is 14.9 Å². The molecule has 1 fully saturated rings. The fourth-order valence-electron chi connectivity index (χ4n) is 2.18. The van der Waals surface area contributed by atoms with Crippen molar-refractivity contribution in [3.8, 4) is 0 Å². The lowest BCUT2D eigenvalue weighted by Gasteiger charge is -2.31. The van der Waals surface area contributed by atoms with Gasteiger partial charge in [0, 0.05) is 31.4 Å². The van der Waals surface area contributed by atoms with E-state index in [4.69, 9.17) is 4.74 Å². The first-order valence-corrected chi connectivity index (χ1v) is 6.52. The SMILES string of the molecule is CCN1CCOC(c2nc(C)c(C)c(NC)n2)C1. The molecule has 18 heavy (non-hydrogen) atoms. The molecule has 1 N–H and O–H groups in total. The zero-order chi connectivity index (χ0) is 13.1. The van der Waals surface area contributed by atoms with Crippen LogP contribution < -0.4 is 5.32 Å². The molecular formula is C13H22N4O. The predicted octanol–water partition coefficient (Wildman–Crippen LogP) is 1.53. The lowest BCUT2D eigenvalue weighted by Crippen LogP contribution is -2.38. The number of likely N-dealkylation sites (N-methyl/N-ethyl adjacent to an activating group) is 1. The molecule has 1 aliphatic rings. The van der Waals surface area contributed by atoms with Crippen LogP contribution in [-0.4, -0.2) is 48.2 Å². The van der Waals surface area contributed by atoms with Crippen LogP contribution in [0.4, 0.5) is 5.82 Å². The molecule has 5 heteroatoms. The van der Waals surface area contributed by atoms with Crippen molar-refractivity contribution in [1.29, 1.82) is 0 Å². The second-order valence-electron chi connectivity index (χ2n) is 4.64. The van der Waals surface area contributed by atoms with Gasteiger partial charge >= 0.3 is 0 Å². The second-order valence-corrected chi connectivity index (χ2v) is 4.64. The van der Waals surface area contributed by atoms with E-state index in [-0.39, 0.29) is 6.10 Å². The molecule has 1 aromatic heterocycles. The zero-order valence-electron chi connectivity index (χ0n) is 11.7. The molecule has 5 nitrogen and oxygen atoms in total. The highest BCUT2D eigenvalue weighted by atomic mass is 16.5. The van der Waals surface area contributed by atoms with Crippen molar-refractivity contribution in [2.75, 3.05) is 38.6 Å². The highest BCUT2D eigenvalue weighted by Crippen LogP contribution is 2.22. The number of morpholine rings is 1. The zero-order valence-corrected chi connectivity index (χ0v) is 11.7. The molecule has 0 spiro atoms. The van der Waals surface area contributed by atoms with E-state index in [1.807, 2.05) is 20.9 Å². The van der Waals surface area contributed by atoms with Crippen LogP contribution in [0.3, 0.4) is 0 Å². The minimum absolute atomic E-state index is 0.00917. The summed E-state index contributed by atoms with van der Waals surface area (Å²) in [5, 5.41) is 3.12. The van der Waals surface area contributed by atoms with Crippen LogP contribution in [0, 0.1) is 13.8 Å². The Morgan fingerprint density at radius 2 is 2.17 bits per heavy atom. The third kappa shape index (κ3) is 2.62. The van der Waals surface area contributed by atoms with Gasteiger partial charge in [0.15, 0.2) is 5.82 Å². The van der Waals surface area contributed by atoms with Crippen molar-refractivity contribution in [3.05, 3.63) is 17.1 Å².